The van der Waals surface area contributed by atoms with Gasteiger partial charge in [-0.05, 0) is 0 Å². The highest BCUT2D eigenvalue weighted by atomic mass is 16.5. The number of ether oxygens (including phenoxy) is 1. The van der Waals surface area contributed by atoms with Gasteiger partial charge in [-0.15, -0.1) is 0 Å². The minimum atomic E-state index is 0.549. The van der Waals surface area contributed by atoms with Gasteiger partial charge < -0.3 is 9.58 Å². The molecule has 2 nitrogen and oxygen atoms in total. The molecule has 0 fully saturated rings. The van der Waals surface area contributed by atoms with E-state index in [-0.39, 0.29) is 0 Å². The van der Waals surface area contributed by atoms with Crippen LogP contribution in [0.15, 0.2) is 12.8 Å². The Morgan fingerprint density at radius 2 is 2.50 bits per heavy atom. The first-order valence-corrected chi connectivity index (χ1v) is 2.47. The molecule has 0 aromatic rings. The van der Waals surface area contributed by atoms with Crippen molar-refractivity contribution >= 4 is 0 Å². The molecule has 8 heavy (non-hydrogen) atoms. The predicted octanol–water partition coefficient (Wildman–Crippen LogP) is 1.46. The van der Waals surface area contributed by atoms with E-state index in [1.165, 1.54) is 6.26 Å². The van der Waals surface area contributed by atoms with Gasteiger partial charge in [0.15, 0.2) is 0 Å². The Kier molecular flexibility index (Phi) is 5.30. The van der Waals surface area contributed by atoms with Crippen LogP contribution < -0.4 is 0 Å². The van der Waals surface area contributed by atoms with E-state index in [0.29, 0.717) is 13.2 Å². The highest BCUT2D eigenvalue weighted by Crippen LogP contribution is 1.82. The molecule has 44 valence electrons. The van der Waals surface area contributed by atoms with Crippen LogP contribution in [0.5, 0.6) is 0 Å². The average molecular weight is 111 g/mol. The highest BCUT2D eigenvalue weighted by Gasteiger charge is 1.84. The van der Waals surface area contributed by atoms with Crippen LogP contribution in [0.25, 0.3) is 4.85 Å². The smallest absolute Gasteiger partial charge is 0.217 e. The quantitative estimate of drug-likeness (QED) is 0.304. The number of nitrogens with zero attached hydrogens (tertiary/aromatic N) is 1. The normalized spacial score (nSPS) is 7.38. The lowest BCUT2D eigenvalue weighted by atomic mass is 10.5. The van der Waals surface area contributed by atoms with Crippen LogP contribution in [0.2, 0.25) is 0 Å². The molecule has 0 radical (unpaired) electrons. The van der Waals surface area contributed by atoms with Gasteiger partial charge in [0.1, 0.15) is 0 Å². The number of hydrogen-bond donors (Lipinski definition) is 0. The van der Waals surface area contributed by atoms with Crippen LogP contribution in [0.4, 0.5) is 0 Å². The summed E-state index contributed by atoms with van der Waals surface area (Å²) >= 11 is 0. The molecule has 0 atom stereocenters. The number of hydrogen-bond acceptors (Lipinski definition) is 1. The molecule has 2 heteroatoms. The van der Waals surface area contributed by atoms with Crippen molar-refractivity contribution in [2.75, 3.05) is 13.2 Å². The lowest BCUT2D eigenvalue weighted by Gasteiger charge is -1.91. The van der Waals surface area contributed by atoms with Gasteiger partial charge in [0.25, 0.3) is 0 Å². The summed E-state index contributed by atoms with van der Waals surface area (Å²) in [6.07, 6.45) is 2.19. The van der Waals surface area contributed by atoms with Crippen LogP contribution in [0, 0.1) is 6.57 Å². The zero-order valence-corrected chi connectivity index (χ0v) is 4.76. The van der Waals surface area contributed by atoms with E-state index in [0.717, 1.165) is 6.42 Å². The molecule has 0 aromatic heterocycles. The van der Waals surface area contributed by atoms with Gasteiger partial charge in [0.2, 0.25) is 6.54 Å². The molecule has 0 heterocycles. The van der Waals surface area contributed by atoms with Gasteiger partial charge in [-0.3, -0.25) is 0 Å². The van der Waals surface area contributed by atoms with Crippen molar-refractivity contribution in [2.24, 2.45) is 0 Å². The Morgan fingerprint density at radius 3 is 3.00 bits per heavy atom. The maximum Gasteiger partial charge on any atom is 0.217 e. The van der Waals surface area contributed by atoms with Crippen LogP contribution in [0.3, 0.4) is 0 Å². The first kappa shape index (κ1) is 7.03. The molecule has 0 spiro atoms. The fourth-order valence-electron chi connectivity index (χ4n) is 0.310. The Morgan fingerprint density at radius 1 is 1.75 bits per heavy atom. The van der Waals surface area contributed by atoms with E-state index in [1.54, 1.807) is 0 Å². The summed E-state index contributed by atoms with van der Waals surface area (Å²) in [5.41, 5.74) is 0. The summed E-state index contributed by atoms with van der Waals surface area (Å²) in [7, 11) is 0. The Bertz CT molecular complexity index is 93.2. The molecule has 0 aliphatic carbocycles. The van der Waals surface area contributed by atoms with Crippen LogP contribution >= 0.6 is 0 Å². The van der Waals surface area contributed by atoms with Gasteiger partial charge in [-0.2, -0.15) is 0 Å². The Balaban J connectivity index is 2.74. The van der Waals surface area contributed by atoms with Crippen molar-refractivity contribution in [1.29, 1.82) is 0 Å². The van der Waals surface area contributed by atoms with Crippen LogP contribution in [-0.2, 0) is 4.74 Å². The van der Waals surface area contributed by atoms with Gasteiger partial charge in [-0.25, -0.2) is 6.57 Å². The first-order valence-electron chi connectivity index (χ1n) is 2.47. The third-order valence-electron chi connectivity index (χ3n) is 0.650. The zero-order valence-electron chi connectivity index (χ0n) is 4.76. The topological polar surface area (TPSA) is 13.6 Å². The molecule has 0 N–H and O–H groups in total. The zero-order chi connectivity index (χ0) is 6.24. The van der Waals surface area contributed by atoms with Crippen molar-refractivity contribution in [1.82, 2.24) is 0 Å². The summed E-state index contributed by atoms with van der Waals surface area (Å²) in [6, 6.07) is 0. The maximum absolute atomic E-state index is 6.38. The molecule has 0 aromatic carbocycles. The van der Waals surface area contributed by atoms with E-state index in [2.05, 4.69) is 11.4 Å². The van der Waals surface area contributed by atoms with E-state index in [9.17, 15) is 0 Å². The molecule has 0 bridgehead atoms. The van der Waals surface area contributed by atoms with E-state index >= 15 is 0 Å². The largest absolute Gasteiger partial charge is 0.502 e. The molecule has 0 amide bonds. The van der Waals surface area contributed by atoms with E-state index < -0.39 is 0 Å². The van der Waals surface area contributed by atoms with Crippen molar-refractivity contribution in [2.45, 2.75) is 6.42 Å². The molecule has 0 rings (SSSR count). The summed E-state index contributed by atoms with van der Waals surface area (Å²) in [4.78, 5) is 3.14. The van der Waals surface area contributed by atoms with Gasteiger partial charge in [0, 0.05) is 0 Å². The SMILES string of the molecule is [C-]#[N+]CCCOC=C. The lowest BCUT2D eigenvalue weighted by Crippen LogP contribution is -1.87. The van der Waals surface area contributed by atoms with E-state index in [4.69, 9.17) is 11.3 Å². The van der Waals surface area contributed by atoms with E-state index in [1.807, 2.05) is 0 Å². The molecule has 0 saturated carbocycles. The van der Waals surface area contributed by atoms with Crippen molar-refractivity contribution in [3.8, 4) is 0 Å². The lowest BCUT2D eigenvalue weighted by molar-refractivity contribution is 0.250. The molecule has 0 saturated heterocycles. The molecular formula is C6H9NO. The minimum Gasteiger partial charge on any atom is -0.502 e. The average Bonchev–Trinajstić information content (AvgIpc) is 1.81. The monoisotopic (exact) mass is 111 g/mol. The summed E-state index contributed by atoms with van der Waals surface area (Å²) in [5, 5.41) is 0. The Hall–Kier alpha value is -0.970. The molecular weight excluding hydrogens is 102 g/mol. The first-order chi connectivity index (χ1) is 3.91. The van der Waals surface area contributed by atoms with Gasteiger partial charge in [0.05, 0.1) is 19.3 Å². The fraction of sp³-hybridized carbons (Fsp3) is 0.500. The van der Waals surface area contributed by atoms with Crippen molar-refractivity contribution in [3.05, 3.63) is 24.3 Å². The van der Waals surface area contributed by atoms with Gasteiger partial charge >= 0.3 is 0 Å². The standard InChI is InChI=1S/C6H9NO/c1-3-8-6-4-5-7-2/h3H,1,4-6H2. The number of rotatable bonds is 4. The second kappa shape index (κ2) is 6.03. The van der Waals surface area contributed by atoms with Crippen LogP contribution in [0.1, 0.15) is 6.42 Å². The van der Waals surface area contributed by atoms with Crippen LogP contribution in [-0.4, -0.2) is 13.2 Å². The van der Waals surface area contributed by atoms with Gasteiger partial charge in [-0.1, -0.05) is 6.58 Å². The second-order valence-electron chi connectivity index (χ2n) is 1.27. The predicted molar refractivity (Wildman–Crippen MR) is 32.2 cm³/mol. The highest BCUT2D eigenvalue weighted by molar-refractivity contribution is 4.58. The molecule has 0 unspecified atom stereocenters. The third-order valence-corrected chi connectivity index (χ3v) is 0.650. The summed E-state index contributed by atoms with van der Waals surface area (Å²) in [5.74, 6) is 0. The molecule has 0 aliphatic rings. The maximum atomic E-state index is 6.38. The minimum absolute atomic E-state index is 0.549. The summed E-state index contributed by atoms with van der Waals surface area (Å²) < 4.78 is 4.76. The van der Waals surface area contributed by atoms with Crippen molar-refractivity contribution < 1.29 is 4.74 Å². The fourth-order valence-corrected chi connectivity index (χ4v) is 0.310. The summed E-state index contributed by atoms with van der Waals surface area (Å²) in [6.45, 7) is 10.9. The Labute approximate surface area is 49.6 Å². The second-order valence-corrected chi connectivity index (χ2v) is 1.27. The third kappa shape index (κ3) is 5.03. The van der Waals surface area contributed by atoms with Crippen molar-refractivity contribution in [3.63, 3.8) is 0 Å². The molecule has 0 aliphatic heterocycles.